The van der Waals surface area contributed by atoms with Crippen molar-refractivity contribution in [1.82, 2.24) is 0 Å². The van der Waals surface area contributed by atoms with E-state index in [1.807, 2.05) is 0 Å². The lowest BCUT2D eigenvalue weighted by Gasteiger charge is -2.17. The van der Waals surface area contributed by atoms with Crippen LogP contribution in [0.5, 0.6) is 0 Å². The summed E-state index contributed by atoms with van der Waals surface area (Å²) in [5.74, 6) is 0.978. The zero-order valence-electron chi connectivity index (χ0n) is 18.6. The number of halogens is 1. The molecule has 0 aliphatic heterocycles. The highest BCUT2D eigenvalue weighted by Crippen LogP contribution is 2.16. The monoisotopic (exact) mass is 429 g/mol. The second-order valence-electron chi connectivity index (χ2n) is 8.57. The van der Waals surface area contributed by atoms with Gasteiger partial charge in [0, 0.05) is 18.3 Å². The van der Waals surface area contributed by atoms with Gasteiger partial charge in [0.05, 0.1) is 6.54 Å². The van der Waals surface area contributed by atoms with Crippen LogP contribution >= 0.6 is 12.4 Å². The fourth-order valence-corrected chi connectivity index (χ4v) is 3.46. The molecule has 4 heteroatoms. The molecule has 1 unspecified atom stereocenters. The molecule has 2 aromatic rings. The maximum atomic E-state index is 6.27. The van der Waals surface area contributed by atoms with Crippen LogP contribution in [0.4, 0.5) is 0 Å². The lowest BCUT2D eigenvalue weighted by Crippen LogP contribution is -2.31. The Morgan fingerprint density at radius 1 is 0.767 bits per heavy atom. The van der Waals surface area contributed by atoms with E-state index in [-0.39, 0.29) is 24.5 Å². The zero-order valence-corrected chi connectivity index (χ0v) is 19.4. The number of hydrogen-bond donors (Lipinski definition) is 2. The summed E-state index contributed by atoms with van der Waals surface area (Å²) in [6.45, 7) is 5.02. The number of rotatable bonds is 13. The first kappa shape index (κ1) is 26.4. The highest BCUT2D eigenvalue weighted by molar-refractivity contribution is 5.85. The van der Waals surface area contributed by atoms with Gasteiger partial charge in [-0.2, -0.15) is 0 Å². The van der Waals surface area contributed by atoms with E-state index in [0.29, 0.717) is 18.4 Å². The predicted molar refractivity (Wildman–Crippen MR) is 134 cm³/mol. The molecule has 166 valence electrons. The standard InChI is InChI=1S/C26H39N3.ClH/c1-21(2)26(28)18-17-25(27)20-29-19-24(15-13-22-9-5-3-6-10-22)16-14-23-11-7-4-8-12-23;/h3-12,19,21,24-26H,13-18,20,27-28H2,1-2H3;1H/t25-,26?;/m0./s1. The summed E-state index contributed by atoms with van der Waals surface area (Å²) in [7, 11) is 0. The van der Waals surface area contributed by atoms with Gasteiger partial charge in [0.2, 0.25) is 0 Å². The van der Waals surface area contributed by atoms with Crippen molar-refractivity contribution >= 4 is 18.6 Å². The number of aryl methyl sites for hydroxylation is 2. The largest absolute Gasteiger partial charge is 0.327 e. The molecule has 0 radical (unpaired) electrons. The van der Waals surface area contributed by atoms with Gasteiger partial charge in [-0.15, -0.1) is 12.4 Å². The molecule has 0 heterocycles. The van der Waals surface area contributed by atoms with Crippen LogP contribution in [-0.2, 0) is 12.8 Å². The molecule has 0 bridgehead atoms. The third-order valence-corrected chi connectivity index (χ3v) is 5.68. The van der Waals surface area contributed by atoms with Gasteiger partial charge in [-0.3, -0.25) is 4.99 Å². The summed E-state index contributed by atoms with van der Waals surface area (Å²) in [6.07, 6.45) is 8.48. The Hall–Kier alpha value is -1.68. The van der Waals surface area contributed by atoms with E-state index in [9.17, 15) is 0 Å². The van der Waals surface area contributed by atoms with Crippen molar-refractivity contribution in [2.24, 2.45) is 28.3 Å². The molecule has 0 aliphatic rings. The smallest absolute Gasteiger partial charge is 0.0537 e. The van der Waals surface area contributed by atoms with Crippen LogP contribution in [0, 0.1) is 11.8 Å². The molecule has 2 atom stereocenters. The minimum Gasteiger partial charge on any atom is -0.327 e. The average molecular weight is 430 g/mol. The van der Waals surface area contributed by atoms with Crippen LogP contribution in [0.25, 0.3) is 0 Å². The first-order chi connectivity index (χ1) is 14.0. The minimum atomic E-state index is 0. The van der Waals surface area contributed by atoms with E-state index < -0.39 is 0 Å². The second kappa shape index (κ2) is 15.2. The van der Waals surface area contributed by atoms with E-state index in [1.54, 1.807) is 0 Å². The van der Waals surface area contributed by atoms with E-state index >= 15 is 0 Å². The van der Waals surface area contributed by atoms with Crippen LogP contribution < -0.4 is 11.5 Å². The molecule has 30 heavy (non-hydrogen) atoms. The molecule has 3 nitrogen and oxygen atoms in total. The number of hydrogen-bond acceptors (Lipinski definition) is 3. The van der Waals surface area contributed by atoms with Crippen LogP contribution in [0.2, 0.25) is 0 Å². The van der Waals surface area contributed by atoms with Crippen LogP contribution in [0.3, 0.4) is 0 Å². The Morgan fingerprint density at radius 3 is 1.73 bits per heavy atom. The summed E-state index contributed by atoms with van der Waals surface area (Å²) < 4.78 is 0. The average Bonchev–Trinajstić information content (AvgIpc) is 2.74. The van der Waals surface area contributed by atoms with E-state index in [2.05, 4.69) is 80.7 Å². The molecule has 2 aromatic carbocycles. The summed E-state index contributed by atoms with van der Waals surface area (Å²) in [5.41, 5.74) is 15.2. The van der Waals surface area contributed by atoms with Gasteiger partial charge in [0.1, 0.15) is 0 Å². The summed E-state index contributed by atoms with van der Waals surface area (Å²) in [5, 5.41) is 0. The summed E-state index contributed by atoms with van der Waals surface area (Å²) >= 11 is 0. The fraction of sp³-hybridized carbons (Fsp3) is 0.500. The van der Waals surface area contributed by atoms with Gasteiger partial charge in [-0.05, 0) is 61.5 Å². The van der Waals surface area contributed by atoms with Crippen molar-refractivity contribution in [2.45, 2.75) is 64.5 Å². The van der Waals surface area contributed by atoms with Crippen molar-refractivity contribution in [2.75, 3.05) is 6.54 Å². The predicted octanol–water partition coefficient (Wildman–Crippen LogP) is 5.45. The topological polar surface area (TPSA) is 64.4 Å². The van der Waals surface area contributed by atoms with Gasteiger partial charge in [-0.1, -0.05) is 74.5 Å². The molecule has 2 rings (SSSR count). The van der Waals surface area contributed by atoms with Gasteiger partial charge in [0.25, 0.3) is 0 Å². The van der Waals surface area contributed by atoms with E-state index in [1.165, 1.54) is 11.1 Å². The van der Waals surface area contributed by atoms with Crippen LogP contribution in [-0.4, -0.2) is 24.8 Å². The van der Waals surface area contributed by atoms with E-state index in [0.717, 1.165) is 38.5 Å². The molecule has 0 saturated carbocycles. The highest BCUT2D eigenvalue weighted by Gasteiger charge is 2.11. The lowest BCUT2D eigenvalue weighted by atomic mass is 9.94. The van der Waals surface area contributed by atoms with Crippen molar-refractivity contribution in [3.8, 4) is 0 Å². The van der Waals surface area contributed by atoms with Gasteiger partial charge in [-0.25, -0.2) is 0 Å². The van der Waals surface area contributed by atoms with Crippen molar-refractivity contribution in [3.63, 3.8) is 0 Å². The number of nitrogens with two attached hydrogens (primary N) is 2. The molecule has 0 fully saturated rings. The molecular formula is C26H40ClN3. The maximum Gasteiger partial charge on any atom is 0.0537 e. The highest BCUT2D eigenvalue weighted by atomic mass is 35.5. The zero-order chi connectivity index (χ0) is 20.9. The normalized spacial score (nSPS) is 13.5. The number of nitrogens with zero attached hydrogens (tertiary/aromatic N) is 1. The summed E-state index contributed by atoms with van der Waals surface area (Å²) in [4.78, 5) is 4.73. The molecule has 0 aliphatic carbocycles. The van der Waals surface area contributed by atoms with Crippen molar-refractivity contribution in [3.05, 3.63) is 71.8 Å². The molecular weight excluding hydrogens is 390 g/mol. The second-order valence-corrected chi connectivity index (χ2v) is 8.57. The Balaban J connectivity index is 0.00000450. The quantitative estimate of drug-likeness (QED) is 0.415. The molecule has 0 saturated heterocycles. The van der Waals surface area contributed by atoms with Crippen molar-refractivity contribution in [1.29, 1.82) is 0 Å². The molecule has 4 N–H and O–H groups in total. The van der Waals surface area contributed by atoms with Gasteiger partial charge < -0.3 is 11.5 Å². The Bertz CT molecular complexity index is 644. The lowest BCUT2D eigenvalue weighted by molar-refractivity contribution is 0.431. The third-order valence-electron chi connectivity index (χ3n) is 5.68. The minimum absolute atomic E-state index is 0. The van der Waals surface area contributed by atoms with Crippen molar-refractivity contribution < 1.29 is 0 Å². The number of aliphatic imine (C=N–C) groups is 1. The maximum absolute atomic E-state index is 6.27. The summed E-state index contributed by atoms with van der Waals surface area (Å²) in [6, 6.07) is 21.8. The Kier molecular flexibility index (Phi) is 13.3. The number of benzene rings is 2. The van der Waals surface area contributed by atoms with Crippen LogP contribution in [0.15, 0.2) is 65.7 Å². The van der Waals surface area contributed by atoms with E-state index in [4.69, 9.17) is 16.5 Å². The SMILES string of the molecule is CC(C)C(N)CC[C@H](N)CN=CC(CCc1ccccc1)CCc1ccccc1.Cl. The molecule has 0 aromatic heterocycles. The fourth-order valence-electron chi connectivity index (χ4n) is 3.46. The van der Waals surface area contributed by atoms with Gasteiger partial charge in [0.15, 0.2) is 0 Å². The Labute approximate surface area is 189 Å². The van der Waals surface area contributed by atoms with Gasteiger partial charge >= 0.3 is 0 Å². The first-order valence-electron chi connectivity index (χ1n) is 11.1. The first-order valence-corrected chi connectivity index (χ1v) is 11.1. The molecule has 0 spiro atoms. The third kappa shape index (κ3) is 10.9. The molecule has 0 amide bonds. The van der Waals surface area contributed by atoms with Crippen LogP contribution in [0.1, 0.15) is 50.7 Å². The Morgan fingerprint density at radius 2 is 1.27 bits per heavy atom.